The topological polar surface area (TPSA) is 123 Å². The number of esters is 2. The molecule has 0 bridgehead atoms. The Balaban J connectivity index is -0.000000133. The highest BCUT2D eigenvalue weighted by Gasteiger charge is 2.45. The van der Waals surface area contributed by atoms with Gasteiger partial charge in [-0.2, -0.15) is 0 Å². The van der Waals surface area contributed by atoms with E-state index in [0.717, 1.165) is 12.8 Å². The first-order chi connectivity index (χ1) is 12.2. The highest BCUT2D eigenvalue weighted by molar-refractivity contribution is 6.76. The molecule has 32 heavy (non-hydrogen) atoms. The van der Waals surface area contributed by atoms with Crippen LogP contribution in [0.3, 0.4) is 0 Å². The van der Waals surface area contributed by atoms with Crippen molar-refractivity contribution in [1.82, 2.24) is 0 Å². The van der Waals surface area contributed by atoms with Gasteiger partial charge in [-0.25, -0.2) is 4.79 Å². The van der Waals surface area contributed by atoms with Crippen LogP contribution < -0.4 is 0 Å². The van der Waals surface area contributed by atoms with E-state index < -0.39 is 47.0 Å². The lowest BCUT2D eigenvalue weighted by atomic mass is 10.1. The van der Waals surface area contributed by atoms with Crippen LogP contribution >= 0.6 is 0 Å². The first-order valence-electron chi connectivity index (χ1n) is 9.30. The summed E-state index contributed by atoms with van der Waals surface area (Å²) in [6.45, 7) is 13.2. The molecule has 10 heteroatoms. The van der Waals surface area contributed by atoms with Crippen LogP contribution in [-0.2, 0) is 23.5 Å². The number of ether oxygens (including phenoxy) is 2. The molecular weight excluding hydrogens is 448 g/mol. The Labute approximate surface area is 199 Å². The van der Waals surface area contributed by atoms with Gasteiger partial charge in [-0.05, 0) is 32.5 Å². The summed E-state index contributed by atoms with van der Waals surface area (Å²) in [7, 11) is -2.96. The number of aliphatic hydroxyl groups excluding tert-OH is 3. The van der Waals surface area contributed by atoms with Crippen molar-refractivity contribution in [2.75, 3.05) is 6.61 Å². The lowest BCUT2D eigenvalue weighted by molar-refractivity contribution is -0.236. The highest BCUT2D eigenvalue weighted by Crippen LogP contribution is 2.24. The van der Waals surface area contributed by atoms with E-state index in [0.29, 0.717) is 6.61 Å². The Kier molecular flexibility index (Phi) is 21.7. The summed E-state index contributed by atoms with van der Waals surface area (Å²) < 4.78 is 14.9. The van der Waals surface area contributed by atoms with Crippen molar-refractivity contribution in [3.63, 3.8) is 0 Å². The Bertz CT molecular complexity index is 517. The monoisotopic (exact) mass is 502 g/mol. The molecule has 5 atom stereocenters. The number of aliphatic hydroxyl groups is 3. The van der Waals surface area contributed by atoms with E-state index in [2.05, 4.69) is 24.4 Å². The second kappa shape index (κ2) is 16.8. The molecule has 0 aromatic heterocycles. The van der Waals surface area contributed by atoms with Crippen LogP contribution in [0.25, 0.3) is 0 Å². The summed E-state index contributed by atoms with van der Waals surface area (Å²) in [6.07, 6.45) is -3.88. The molecule has 0 radical (unpaired) electrons. The zero-order valence-corrected chi connectivity index (χ0v) is 19.1. The van der Waals surface area contributed by atoms with E-state index in [9.17, 15) is 19.8 Å². The summed E-state index contributed by atoms with van der Waals surface area (Å²) in [5.41, 5.74) is 0. The minimum Gasteiger partial charge on any atom is -0.465 e. The molecule has 0 aromatic carbocycles. The van der Waals surface area contributed by atoms with Crippen molar-refractivity contribution in [1.29, 1.82) is 0 Å². The quantitative estimate of drug-likeness (QED) is 0.376. The molecule has 0 amide bonds. The van der Waals surface area contributed by atoms with Crippen LogP contribution in [0.2, 0.25) is 45.3 Å². The van der Waals surface area contributed by atoms with Crippen LogP contribution in [0.15, 0.2) is 0 Å². The van der Waals surface area contributed by atoms with Crippen molar-refractivity contribution in [2.24, 2.45) is 5.92 Å². The highest BCUT2D eigenvalue weighted by atomic mass is 28.4. The summed E-state index contributed by atoms with van der Waals surface area (Å²) in [5, 5.41) is 27.9. The minimum atomic E-state index is -2.00. The summed E-state index contributed by atoms with van der Waals surface area (Å²) in [6, 6.07) is 1.24. The zero-order chi connectivity index (χ0) is 21.0. The van der Waals surface area contributed by atoms with E-state index >= 15 is 0 Å². The number of hydrogen-bond acceptors (Lipinski definition) is 8. The van der Waals surface area contributed by atoms with Crippen molar-refractivity contribution in [2.45, 2.75) is 120 Å². The van der Waals surface area contributed by atoms with Crippen LogP contribution in [-0.4, -0.2) is 74.9 Å². The van der Waals surface area contributed by atoms with Crippen molar-refractivity contribution in [3.05, 3.63) is 0 Å². The zero-order valence-electron chi connectivity index (χ0n) is 17.1. The molecule has 0 aliphatic carbocycles. The molecule has 2 aliphatic rings. The lowest BCUT2D eigenvalue weighted by Crippen LogP contribution is -2.58. The fourth-order valence-corrected chi connectivity index (χ4v) is 4.69. The normalized spacial score (nSPS) is 26.7. The predicted octanol–water partition coefficient (Wildman–Crippen LogP) is 4.26. The van der Waals surface area contributed by atoms with Gasteiger partial charge >= 0.3 is 11.9 Å². The van der Waals surface area contributed by atoms with E-state index in [1.54, 1.807) is 0 Å². The molecule has 2 rings (SSSR count). The molecule has 198 valence electrons. The predicted molar refractivity (Wildman–Crippen MR) is 138 cm³/mol. The standard InChI is InChI=1S/C9H18O2Si.C8H16O6Si.5CH4/c1-12(2,3)7-5-8-4-6-11-9(8)10;1-15(2,3)14-8-6(11)4(9)5(10)7(12)13-8;;;;;/h8H,4-7H2,1-3H3;4-6,8-11H,1-3H3;5*1H4. The maximum Gasteiger partial charge on any atom is 0.340 e. The molecule has 5 unspecified atom stereocenters. The third kappa shape index (κ3) is 14.4. The molecule has 3 N–H and O–H groups in total. The second-order valence-corrected chi connectivity index (χ2v) is 19.3. The Morgan fingerprint density at radius 2 is 1.38 bits per heavy atom. The SMILES string of the molecule is C.C.C.C.C.C[Si](C)(C)CCC1CCOC1=O.C[Si](C)(C)OC1OC(=O)C(O)C(O)C1O. The molecule has 0 spiro atoms. The van der Waals surface area contributed by atoms with Gasteiger partial charge in [0.2, 0.25) is 6.29 Å². The van der Waals surface area contributed by atoms with E-state index in [-0.39, 0.29) is 49.0 Å². The summed E-state index contributed by atoms with van der Waals surface area (Å²) in [5.74, 6) is -0.721. The number of rotatable bonds is 5. The third-order valence-electron chi connectivity index (χ3n) is 4.18. The van der Waals surface area contributed by atoms with Crippen LogP contribution in [0.1, 0.15) is 50.0 Å². The number of carbonyl (C=O) groups is 2. The average molecular weight is 503 g/mol. The van der Waals surface area contributed by atoms with E-state index in [1.165, 1.54) is 6.04 Å². The molecule has 2 fully saturated rings. The number of cyclic esters (lactones) is 2. The third-order valence-corrected chi connectivity index (χ3v) is 6.91. The van der Waals surface area contributed by atoms with Gasteiger partial charge in [-0.1, -0.05) is 62.8 Å². The smallest absolute Gasteiger partial charge is 0.340 e. The van der Waals surface area contributed by atoms with Gasteiger partial charge in [0.05, 0.1) is 12.5 Å². The number of hydrogen-bond donors (Lipinski definition) is 3. The largest absolute Gasteiger partial charge is 0.465 e. The molecule has 2 heterocycles. The Morgan fingerprint density at radius 3 is 1.75 bits per heavy atom. The van der Waals surface area contributed by atoms with Gasteiger partial charge in [-0.3, -0.25) is 4.79 Å². The lowest BCUT2D eigenvalue weighted by Gasteiger charge is -2.36. The van der Waals surface area contributed by atoms with Crippen molar-refractivity contribution < 1.29 is 38.8 Å². The fraction of sp³-hybridized carbons (Fsp3) is 0.909. The van der Waals surface area contributed by atoms with Gasteiger partial charge < -0.3 is 29.2 Å². The molecular formula is C22H54O8Si2. The first-order valence-corrected chi connectivity index (χ1v) is 16.4. The molecule has 8 nitrogen and oxygen atoms in total. The van der Waals surface area contributed by atoms with E-state index in [4.69, 9.17) is 14.3 Å². The molecule has 2 saturated heterocycles. The Morgan fingerprint density at radius 1 is 0.875 bits per heavy atom. The molecule has 0 aromatic rings. The van der Waals surface area contributed by atoms with Crippen molar-refractivity contribution >= 4 is 28.3 Å². The summed E-state index contributed by atoms with van der Waals surface area (Å²) >= 11 is 0. The van der Waals surface area contributed by atoms with Crippen molar-refractivity contribution in [3.8, 4) is 0 Å². The second-order valence-electron chi connectivity index (χ2n) is 9.21. The van der Waals surface area contributed by atoms with Gasteiger partial charge in [-0.15, -0.1) is 0 Å². The molecule has 2 aliphatic heterocycles. The maximum absolute atomic E-state index is 11.1. The Hall–Kier alpha value is -0.786. The van der Waals surface area contributed by atoms with Crippen LogP contribution in [0, 0.1) is 5.92 Å². The molecule has 0 saturated carbocycles. The van der Waals surface area contributed by atoms with Crippen LogP contribution in [0.5, 0.6) is 0 Å². The maximum atomic E-state index is 11.1. The number of carbonyl (C=O) groups excluding carboxylic acids is 2. The minimum absolute atomic E-state index is 0. The average Bonchev–Trinajstić information content (AvgIpc) is 2.92. The first kappa shape index (κ1) is 41.5. The van der Waals surface area contributed by atoms with Gasteiger partial charge in [0.25, 0.3) is 0 Å². The van der Waals surface area contributed by atoms with Gasteiger partial charge in [0, 0.05) is 8.07 Å². The van der Waals surface area contributed by atoms with Gasteiger partial charge in [0.15, 0.2) is 14.4 Å². The fourth-order valence-electron chi connectivity index (χ4n) is 2.59. The van der Waals surface area contributed by atoms with Crippen LogP contribution in [0.4, 0.5) is 0 Å². The van der Waals surface area contributed by atoms with E-state index in [1.807, 2.05) is 19.6 Å². The summed E-state index contributed by atoms with van der Waals surface area (Å²) in [4.78, 5) is 22.1. The van der Waals surface area contributed by atoms with Gasteiger partial charge in [0.1, 0.15) is 12.2 Å².